The maximum absolute atomic E-state index is 11.0. The number of fused-ring (bicyclic) bond motifs is 1. The summed E-state index contributed by atoms with van der Waals surface area (Å²) < 4.78 is 1.99. The first-order valence-corrected chi connectivity index (χ1v) is 5.42. The molecule has 0 aliphatic carbocycles. The summed E-state index contributed by atoms with van der Waals surface area (Å²) in [7, 11) is 0. The molecule has 0 aliphatic rings. The number of aromatic nitrogens is 1. The van der Waals surface area contributed by atoms with Crippen molar-refractivity contribution < 1.29 is 4.79 Å². The van der Waals surface area contributed by atoms with Crippen molar-refractivity contribution in [3.8, 4) is 5.69 Å². The van der Waals surface area contributed by atoms with E-state index in [0.717, 1.165) is 22.9 Å². The molecule has 17 heavy (non-hydrogen) atoms. The first-order chi connectivity index (χ1) is 8.40. The van der Waals surface area contributed by atoms with E-state index in [1.807, 2.05) is 59.3 Å². The van der Waals surface area contributed by atoms with Gasteiger partial charge in [-0.15, -0.1) is 0 Å². The summed E-state index contributed by atoms with van der Waals surface area (Å²) in [6, 6.07) is 18.7. The van der Waals surface area contributed by atoms with Gasteiger partial charge < -0.3 is 4.57 Å². The lowest BCUT2D eigenvalue weighted by Crippen LogP contribution is -1.96. The summed E-state index contributed by atoms with van der Waals surface area (Å²) in [6.45, 7) is 0. The summed E-state index contributed by atoms with van der Waals surface area (Å²) in [6.07, 6.45) is 2.75. The van der Waals surface area contributed by atoms with E-state index in [1.54, 1.807) is 0 Å². The Labute approximate surface area is 99.1 Å². The third kappa shape index (κ3) is 1.54. The third-order valence-corrected chi connectivity index (χ3v) is 2.84. The predicted octanol–water partition coefficient (Wildman–Crippen LogP) is 3.24. The predicted molar refractivity (Wildman–Crippen MR) is 67.5 cm³/mol. The van der Waals surface area contributed by atoms with Crippen LogP contribution in [0.3, 0.4) is 0 Å². The average molecular weight is 220 g/mol. The average Bonchev–Trinajstić information content (AvgIpc) is 2.82. The number of nitrogens with zero attached hydrogens (tertiary/aromatic N) is 1. The number of aldehydes is 1. The van der Waals surface area contributed by atoms with Crippen molar-refractivity contribution in [3.05, 3.63) is 66.4 Å². The molecule has 0 N–H and O–H groups in total. The molecule has 2 heteroatoms. The Balaban J connectivity index is 2.31. The molecule has 0 atom stereocenters. The van der Waals surface area contributed by atoms with Gasteiger partial charge in [-0.2, -0.15) is 0 Å². The molecular formula is C15H10NO. The van der Waals surface area contributed by atoms with Crippen molar-refractivity contribution in [2.45, 2.75) is 0 Å². The fourth-order valence-corrected chi connectivity index (χ4v) is 2.02. The van der Waals surface area contributed by atoms with Gasteiger partial charge in [-0.05, 0) is 18.2 Å². The van der Waals surface area contributed by atoms with Gasteiger partial charge in [-0.3, -0.25) is 4.79 Å². The van der Waals surface area contributed by atoms with E-state index in [9.17, 15) is 4.79 Å². The molecule has 2 nitrogen and oxygen atoms in total. The van der Waals surface area contributed by atoms with Crippen molar-refractivity contribution in [2.24, 2.45) is 0 Å². The zero-order chi connectivity index (χ0) is 11.7. The van der Waals surface area contributed by atoms with Crippen LogP contribution in [0.25, 0.3) is 16.6 Å². The van der Waals surface area contributed by atoms with Gasteiger partial charge in [0.2, 0.25) is 0 Å². The minimum atomic E-state index is 0.683. The van der Waals surface area contributed by atoms with Crippen molar-refractivity contribution in [2.75, 3.05) is 0 Å². The summed E-state index contributed by atoms with van der Waals surface area (Å²) in [5.41, 5.74) is 2.63. The van der Waals surface area contributed by atoms with Gasteiger partial charge in [-0.1, -0.05) is 30.3 Å². The maximum Gasteiger partial charge on any atom is 0.152 e. The number of carbonyl (C=O) groups excluding carboxylic acids is 1. The monoisotopic (exact) mass is 220 g/mol. The SMILES string of the molecule is O=Cc1ccccc1-n1c[c]c2ccccc21. The molecule has 0 saturated heterocycles. The first kappa shape index (κ1) is 9.85. The quantitative estimate of drug-likeness (QED) is 0.608. The van der Waals surface area contributed by atoms with Gasteiger partial charge in [0.15, 0.2) is 6.29 Å². The van der Waals surface area contributed by atoms with Crippen LogP contribution < -0.4 is 0 Å². The number of hydrogen-bond donors (Lipinski definition) is 0. The van der Waals surface area contributed by atoms with Crippen LogP contribution >= 0.6 is 0 Å². The van der Waals surface area contributed by atoms with E-state index in [-0.39, 0.29) is 0 Å². The molecule has 81 valence electrons. The number of carbonyl (C=O) groups is 1. The topological polar surface area (TPSA) is 22.0 Å². The summed E-state index contributed by atoms with van der Waals surface area (Å²) >= 11 is 0. The maximum atomic E-state index is 11.0. The second kappa shape index (κ2) is 3.91. The van der Waals surface area contributed by atoms with E-state index in [1.165, 1.54) is 0 Å². The van der Waals surface area contributed by atoms with E-state index in [2.05, 4.69) is 6.07 Å². The molecule has 2 aromatic carbocycles. The number of rotatable bonds is 2. The van der Waals surface area contributed by atoms with Gasteiger partial charge in [0.1, 0.15) is 0 Å². The Morgan fingerprint density at radius 3 is 2.65 bits per heavy atom. The van der Waals surface area contributed by atoms with Crippen LogP contribution in [0.5, 0.6) is 0 Å². The highest BCUT2D eigenvalue weighted by Crippen LogP contribution is 2.21. The van der Waals surface area contributed by atoms with Crippen LogP contribution in [0.15, 0.2) is 54.7 Å². The highest BCUT2D eigenvalue weighted by Gasteiger charge is 2.06. The van der Waals surface area contributed by atoms with Gasteiger partial charge in [0, 0.05) is 23.2 Å². The Bertz CT molecular complexity index is 682. The lowest BCUT2D eigenvalue weighted by molar-refractivity contribution is 0.112. The van der Waals surface area contributed by atoms with Crippen molar-refractivity contribution in [3.63, 3.8) is 0 Å². The van der Waals surface area contributed by atoms with Crippen molar-refractivity contribution in [1.29, 1.82) is 0 Å². The highest BCUT2D eigenvalue weighted by molar-refractivity contribution is 5.86. The molecule has 0 aliphatic heterocycles. The lowest BCUT2D eigenvalue weighted by atomic mass is 10.2. The van der Waals surface area contributed by atoms with E-state index < -0.39 is 0 Å². The van der Waals surface area contributed by atoms with Gasteiger partial charge >= 0.3 is 0 Å². The molecule has 0 fully saturated rings. The first-order valence-electron chi connectivity index (χ1n) is 5.42. The Hall–Kier alpha value is -2.35. The zero-order valence-corrected chi connectivity index (χ0v) is 9.13. The van der Waals surface area contributed by atoms with Gasteiger partial charge in [0.05, 0.1) is 11.2 Å². The summed E-state index contributed by atoms with van der Waals surface area (Å²) in [5.74, 6) is 0. The Morgan fingerprint density at radius 1 is 1.00 bits per heavy atom. The summed E-state index contributed by atoms with van der Waals surface area (Å²) in [5, 5.41) is 1.05. The van der Waals surface area contributed by atoms with E-state index in [0.29, 0.717) is 5.56 Å². The largest absolute Gasteiger partial charge is 0.315 e. The Kier molecular flexibility index (Phi) is 2.26. The standard InChI is InChI=1S/C15H10NO/c17-11-13-6-2-4-8-15(13)16-10-9-12-5-1-3-7-14(12)16/h1-8,10-11H. The zero-order valence-electron chi connectivity index (χ0n) is 9.13. The van der Waals surface area contributed by atoms with Crippen molar-refractivity contribution in [1.82, 2.24) is 4.57 Å². The van der Waals surface area contributed by atoms with Crippen LogP contribution in [0.1, 0.15) is 10.4 Å². The Morgan fingerprint density at radius 2 is 1.76 bits per heavy atom. The highest BCUT2D eigenvalue weighted by atomic mass is 16.1. The van der Waals surface area contributed by atoms with E-state index in [4.69, 9.17) is 0 Å². The molecule has 1 radical (unpaired) electrons. The molecule has 0 amide bonds. The fourth-order valence-electron chi connectivity index (χ4n) is 2.02. The molecule has 0 unspecified atom stereocenters. The van der Waals surface area contributed by atoms with Crippen LogP contribution in [-0.4, -0.2) is 10.9 Å². The molecule has 0 spiro atoms. The van der Waals surface area contributed by atoms with Gasteiger partial charge in [0.25, 0.3) is 0 Å². The minimum absolute atomic E-state index is 0.683. The smallest absolute Gasteiger partial charge is 0.152 e. The molecule has 0 bridgehead atoms. The number of hydrogen-bond acceptors (Lipinski definition) is 1. The molecule has 1 aromatic heterocycles. The normalized spacial score (nSPS) is 10.6. The number of para-hydroxylation sites is 2. The third-order valence-electron chi connectivity index (χ3n) is 2.84. The molecule has 1 heterocycles. The molecule has 3 rings (SSSR count). The number of benzene rings is 2. The van der Waals surface area contributed by atoms with Crippen LogP contribution in [-0.2, 0) is 0 Å². The summed E-state index contributed by atoms with van der Waals surface area (Å²) in [4.78, 5) is 11.0. The van der Waals surface area contributed by atoms with Crippen LogP contribution in [0.4, 0.5) is 0 Å². The van der Waals surface area contributed by atoms with Crippen LogP contribution in [0, 0.1) is 6.07 Å². The molecular weight excluding hydrogens is 210 g/mol. The van der Waals surface area contributed by atoms with Gasteiger partial charge in [-0.25, -0.2) is 0 Å². The second-order valence-electron chi connectivity index (χ2n) is 3.84. The second-order valence-corrected chi connectivity index (χ2v) is 3.84. The van der Waals surface area contributed by atoms with Crippen molar-refractivity contribution >= 4 is 17.2 Å². The van der Waals surface area contributed by atoms with Crippen LogP contribution in [0.2, 0.25) is 0 Å². The minimum Gasteiger partial charge on any atom is -0.315 e. The van der Waals surface area contributed by atoms with E-state index >= 15 is 0 Å². The fraction of sp³-hybridized carbons (Fsp3) is 0. The lowest BCUT2D eigenvalue weighted by Gasteiger charge is -2.07. The molecule has 0 saturated carbocycles. The molecule has 3 aromatic rings.